The van der Waals surface area contributed by atoms with E-state index in [1.54, 1.807) is 6.92 Å². The van der Waals surface area contributed by atoms with E-state index in [9.17, 15) is 15.0 Å². The Morgan fingerprint density at radius 1 is 0.963 bits per heavy atom. The molecule has 3 aliphatic heterocycles. The molecule has 3 heterocycles. The van der Waals surface area contributed by atoms with Gasteiger partial charge in [-0.25, -0.2) is 0 Å². The Balaban J connectivity index is 1.82. The van der Waals surface area contributed by atoms with Gasteiger partial charge in [0.05, 0.1) is 18.3 Å². The third kappa shape index (κ3) is 4.14. The maximum atomic E-state index is 11.5. The van der Waals surface area contributed by atoms with E-state index in [4.69, 9.17) is 28.4 Å². The number of carbonyl (C=O) groups excluding carboxylic acids is 1. The SMILES string of the molecule is CC(=O)O[C@H]1C(C)OC(O)[C@H](O)C1O[C@@H]1OC(C)[C@H](C)C2OC(C)(C)O[C@@H]21. The van der Waals surface area contributed by atoms with Crippen LogP contribution < -0.4 is 0 Å². The molecule has 5 unspecified atom stereocenters. The van der Waals surface area contributed by atoms with Crippen molar-refractivity contribution in [2.45, 2.75) is 103 Å². The van der Waals surface area contributed by atoms with Crippen molar-refractivity contribution in [1.29, 1.82) is 0 Å². The number of fused-ring (bicyclic) bond motifs is 1. The van der Waals surface area contributed by atoms with Crippen LogP contribution in [0.2, 0.25) is 0 Å². The molecule has 0 amide bonds. The van der Waals surface area contributed by atoms with Gasteiger partial charge in [0.1, 0.15) is 18.3 Å². The molecular weight excluding hydrogens is 360 g/mol. The minimum absolute atomic E-state index is 0.0741. The Morgan fingerprint density at radius 2 is 1.59 bits per heavy atom. The fourth-order valence-corrected chi connectivity index (χ4v) is 3.89. The Kier molecular flexibility index (Phi) is 5.85. The van der Waals surface area contributed by atoms with Gasteiger partial charge in [-0.05, 0) is 27.7 Å². The summed E-state index contributed by atoms with van der Waals surface area (Å²) in [5.41, 5.74) is 0. The monoisotopic (exact) mass is 390 g/mol. The minimum Gasteiger partial charge on any atom is -0.457 e. The molecule has 0 bridgehead atoms. The van der Waals surface area contributed by atoms with Crippen LogP contribution in [0.15, 0.2) is 0 Å². The van der Waals surface area contributed by atoms with Crippen LogP contribution in [-0.4, -0.2) is 77.3 Å². The summed E-state index contributed by atoms with van der Waals surface area (Å²) < 4.78 is 34.5. The highest BCUT2D eigenvalue weighted by atomic mass is 16.8. The minimum atomic E-state index is -1.47. The molecule has 0 saturated carbocycles. The maximum absolute atomic E-state index is 11.5. The van der Waals surface area contributed by atoms with Crippen LogP contribution in [0.25, 0.3) is 0 Å². The number of esters is 1. The summed E-state index contributed by atoms with van der Waals surface area (Å²) >= 11 is 0. The molecule has 0 radical (unpaired) electrons. The smallest absolute Gasteiger partial charge is 0.303 e. The molecule has 0 aromatic heterocycles. The fraction of sp³-hybridized carbons (Fsp3) is 0.944. The van der Waals surface area contributed by atoms with E-state index < -0.39 is 54.9 Å². The zero-order chi connectivity index (χ0) is 20.1. The predicted octanol–water partition coefficient (Wildman–Crippen LogP) is 0.302. The Morgan fingerprint density at radius 3 is 2.22 bits per heavy atom. The lowest BCUT2D eigenvalue weighted by Crippen LogP contribution is -2.62. The first-order valence-corrected chi connectivity index (χ1v) is 9.35. The Bertz CT molecular complexity index is 553. The van der Waals surface area contributed by atoms with Crippen molar-refractivity contribution in [1.82, 2.24) is 0 Å². The van der Waals surface area contributed by atoms with E-state index in [1.165, 1.54) is 6.92 Å². The quantitative estimate of drug-likeness (QED) is 0.657. The summed E-state index contributed by atoms with van der Waals surface area (Å²) in [4.78, 5) is 11.5. The van der Waals surface area contributed by atoms with Crippen LogP contribution in [-0.2, 0) is 33.2 Å². The number of carbonyl (C=O) groups is 1. The van der Waals surface area contributed by atoms with Crippen molar-refractivity contribution >= 4 is 5.97 Å². The van der Waals surface area contributed by atoms with Crippen LogP contribution in [0.4, 0.5) is 0 Å². The second-order valence-corrected chi connectivity index (χ2v) is 8.03. The zero-order valence-corrected chi connectivity index (χ0v) is 16.5. The zero-order valence-electron chi connectivity index (χ0n) is 16.5. The molecule has 0 aromatic carbocycles. The van der Waals surface area contributed by atoms with Gasteiger partial charge in [0.2, 0.25) is 0 Å². The lowest BCUT2D eigenvalue weighted by Gasteiger charge is -2.45. The van der Waals surface area contributed by atoms with Gasteiger partial charge in [0.25, 0.3) is 0 Å². The molecule has 27 heavy (non-hydrogen) atoms. The molecule has 10 atom stereocenters. The first kappa shape index (κ1) is 20.9. The molecule has 3 saturated heterocycles. The standard InChI is InChI=1S/C18H30O9/c1-7-8(2)23-17(15-12(7)26-18(5,6)27-15)25-14-11(20)16(21)22-9(3)13(14)24-10(4)19/h7-9,11-17,20-21H,1-6H3/t7-,8?,9?,11+,12?,13-,14?,15-,16?,17-/m0/s1. The summed E-state index contributed by atoms with van der Waals surface area (Å²) in [7, 11) is 0. The van der Waals surface area contributed by atoms with E-state index in [0.29, 0.717) is 0 Å². The number of ether oxygens (including phenoxy) is 6. The molecule has 2 N–H and O–H groups in total. The van der Waals surface area contributed by atoms with Crippen molar-refractivity contribution < 1.29 is 43.4 Å². The normalized spacial score (nSPS) is 49.5. The molecule has 9 heteroatoms. The average Bonchev–Trinajstić information content (AvgIpc) is 2.89. The first-order chi connectivity index (χ1) is 12.5. The molecule has 0 spiro atoms. The van der Waals surface area contributed by atoms with Crippen molar-refractivity contribution in [3.63, 3.8) is 0 Å². The van der Waals surface area contributed by atoms with Crippen molar-refractivity contribution in [3.05, 3.63) is 0 Å². The van der Waals surface area contributed by atoms with Crippen LogP contribution in [0.5, 0.6) is 0 Å². The predicted molar refractivity (Wildman–Crippen MR) is 90.3 cm³/mol. The number of aliphatic hydroxyl groups excluding tert-OH is 2. The Hall–Kier alpha value is -0.810. The second kappa shape index (κ2) is 7.55. The number of rotatable bonds is 3. The van der Waals surface area contributed by atoms with Gasteiger partial charge in [-0.3, -0.25) is 4.79 Å². The maximum Gasteiger partial charge on any atom is 0.303 e. The highest BCUT2D eigenvalue weighted by molar-refractivity contribution is 5.66. The molecule has 3 fully saturated rings. The number of hydrogen-bond donors (Lipinski definition) is 2. The summed E-state index contributed by atoms with van der Waals surface area (Å²) in [5, 5.41) is 20.4. The average molecular weight is 390 g/mol. The highest BCUT2D eigenvalue weighted by Crippen LogP contribution is 2.41. The van der Waals surface area contributed by atoms with Gasteiger partial charge in [-0.2, -0.15) is 0 Å². The lowest BCUT2D eigenvalue weighted by atomic mass is 9.91. The second-order valence-electron chi connectivity index (χ2n) is 8.03. The van der Waals surface area contributed by atoms with E-state index in [2.05, 4.69) is 0 Å². The lowest BCUT2D eigenvalue weighted by molar-refractivity contribution is -0.339. The van der Waals surface area contributed by atoms with Gasteiger partial charge >= 0.3 is 5.97 Å². The van der Waals surface area contributed by atoms with E-state index in [0.717, 1.165) is 0 Å². The molecule has 156 valence electrons. The molecule has 3 aliphatic rings. The first-order valence-electron chi connectivity index (χ1n) is 9.35. The van der Waals surface area contributed by atoms with Crippen molar-refractivity contribution in [2.24, 2.45) is 5.92 Å². The number of hydrogen-bond acceptors (Lipinski definition) is 9. The van der Waals surface area contributed by atoms with Crippen LogP contribution in [0.3, 0.4) is 0 Å². The summed E-state index contributed by atoms with van der Waals surface area (Å²) in [5.74, 6) is -1.27. The summed E-state index contributed by atoms with van der Waals surface area (Å²) in [6.45, 7) is 10.4. The van der Waals surface area contributed by atoms with E-state index in [-0.39, 0.29) is 18.1 Å². The highest BCUT2D eigenvalue weighted by Gasteiger charge is 2.56. The molecule has 0 aliphatic carbocycles. The van der Waals surface area contributed by atoms with Gasteiger partial charge in [-0.1, -0.05) is 6.92 Å². The summed E-state index contributed by atoms with van der Waals surface area (Å²) in [6.07, 6.45) is -7.34. The third-order valence-electron chi connectivity index (χ3n) is 5.40. The molecule has 0 aromatic rings. The number of aliphatic hydroxyl groups is 2. The van der Waals surface area contributed by atoms with Gasteiger partial charge in [-0.15, -0.1) is 0 Å². The molecular formula is C18H30O9. The van der Waals surface area contributed by atoms with Crippen molar-refractivity contribution in [3.8, 4) is 0 Å². The fourth-order valence-electron chi connectivity index (χ4n) is 3.89. The van der Waals surface area contributed by atoms with Gasteiger partial charge in [0, 0.05) is 12.8 Å². The van der Waals surface area contributed by atoms with Crippen LogP contribution >= 0.6 is 0 Å². The largest absolute Gasteiger partial charge is 0.457 e. The third-order valence-corrected chi connectivity index (χ3v) is 5.40. The van der Waals surface area contributed by atoms with Gasteiger partial charge < -0.3 is 38.6 Å². The van der Waals surface area contributed by atoms with Crippen LogP contribution in [0.1, 0.15) is 41.5 Å². The topological polar surface area (TPSA) is 113 Å². The van der Waals surface area contributed by atoms with E-state index >= 15 is 0 Å². The van der Waals surface area contributed by atoms with Gasteiger partial charge in [0.15, 0.2) is 24.5 Å². The molecule has 9 nitrogen and oxygen atoms in total. The van der Waals surface area contributed by atoms with E-state index in [1.807, 2.05) is 27.7 Å². The van der Waals surface area contributed by atoms with Crippen LogP contribution in [0, 0.1) is 5.92 Å². The summed E-state index contributed by atoms with van der Waals surface area (Å²) in [6, 6.07) is 0. The van der Waals surface area contributed by atoms with Crippen molar-refractivity contribution in [2.75, 3.05) is 0 Å². The molecule has 3 rings (SSSR count). The Labute approximate surface area is 158 Å².